The second-order valence-electron chi connectivity index (χ2n) is 5.30. The number of aliphatic hydroxyl groups is 1. The number of rotatable bonds is 6. The van der Waals surface area contributed by atoms with E-state index in [0.29, 0.717) is 22.0 Å². The highest BCUT2D eigenvalue weighted by molar-refractivity contribution is 7.98. The standard InChI is InChI=1S/C14H16BN5O4S/c16-13-18-11-10(12(22)19-13)17-14(20(11)5-6-21)25-7-8-1-3-9(4-2-8)15(23)24/h1-4,21,23-24H,5-7H2,(H3,16,18,19,22). The number of fused-ring (bicyclic) bond motifs is 1. The Kier molecular flexibility index (Phi) is 5.09. The van der Waals surface area contributed by atoms with Crippen LogP contribution in [0.4, 0.5) is 5.95 Å². The number of thioether (sulfide) groups is 1. The van der Waals surface area contributed by atoms with Gasteiger partial charge in [0, 0.05) is 12.3 Å². The van der Waals surface area contributed by atoms with E-state index in [2.05, 4.69) is 15.0 Å². The number of aromatic amines is 1. The van der Waals surface area contributed by atoms with Crippen LogP contribution >= 0.6 is 11.8 Å². The van der Waals surface area contributed by atoms with Gasteiger partial charge in [-0.1, -0.05) is 36.0 Å². The van der Waals surface area contributed by atoms with E-state index in [0.717, 1.165) is 5.56 Å². The molecule has 6 N–H and O–H groups in total. The van der Waals surface area contributed by atoms with Crippen LogP contribution in [-0.2, 0) is 12.3 Å². The predicted molar refractivity (Wildman–Crippen MR) is 95.5 cm³/mol. The summed E-state index contributed by atoms with van der Waals surface area (Å²) < 4.78 is 1.65. The van der Waals surface area contributed by atoms with Gasteiger partial charge in [0.1, 0.15) is 0 Å². The lowest BCUT2D eigenvalue weighted by Crippen LogP contribution is -2.29. The van der Waals surface area contributed by atoms with E-state index in [1.54, 1.807) is 28.8 Å². The van der Waals surface area contributed by atoms with Gasteiger partial charge in [-0.2, -0.15) is 4.98 Å². The van der Waals surface area contributed by atoms with Crippen LogP contribution in [0.3, 0.4) is 0 Å². The van der Waals surface area contributed by atoms with Crippen LogP contribution in [0, 0.1) is 0 Å². The molecular weight excluding hydrogens is 345 g/mol. The Labute approximate surface area is 146 Å². The zero-order valence-corrected chi connectivity index (χ0v) is 13.9. The first-order chi connectivity index (χ1) is 12.0. The molecule has 2 aromatic heterocycles. The molecular formula is C14H16BN5O4S. The second kappa shape index (κ2) is 7.27. The number of hydrogen-bond acceptors (Lipinski definition) is 8. The molecule has 9 nitrogen and oxygen atoms in total. The second-order valence-corrected chi connectivity index (χ2v) is 6.24. The average Bonchev–Trinajstić information content (AvgIpc) is 2.92. The Balaban J connectivity index is 1.89. The minimum atomic E-state index is -1.50. The third-order valence-electron chi connectivity index (χ3n) is 3.56. The van der Waals surface area contributed by atoms with Gasteiger partial charge >= 0.3 is 7.12 Å². The van der Waals surface area contributed by atoms with Crippen molar-refractivity contribution in [3.63, 3.8) is 0 Å². The molecule has 0 saturated heterocycles. The van der Waals surface area contributed by atoms with Gasteiger partial charge in [0.15, 0.2) is 16.3 Å². The van der Waals surface area contributed by atoms with Crippen LogP contribution in [0.25, 0.3) is 11.2 Å². The van der Waals surface area contributed by atoms with Gasteiger partial charge in [-0.25, -0.2) is 4.98 Å². The number of nitrogens with zero attached hydrogens (tertiary/aromatic N) is 3. The number of nitrogen functional groups attached to an aromatic ring is 1. The molecule has 3 aromatic rings. The first-order valence-corrected chi connectivity index (χ1v) is 8.43. The summed E-state index contributed by atoms with van der Waals surface area (Å²) in [4.78, 5) is 22.8. The van der Waals surface area contributed by atoms with Crippen LogP contribution in [0.1, 0.15) is 5.56 Å². The number of hydrogen-bond donors (Lipinski definition) is 5. The Hall–Kier alpha value is -2.34. The van der Waals surface area contributed by atoms with Gasteiger partial charge < -0.3 is 25.5 Å². The number of aromatic nitrogens is 4. The smallest absolute Gasteiger partial charge is 0.423 e. The summed E-state index contributed by atoms with van der Waals surface area (Å²) in [6, 6.07) is 6.82. The van der Waals surface area contributed by atoms with E-state index in [-0.39, 0.29) is 24.6 Å². The van der Waals surface area contributed by atoms with Gasteiger partial charge in [0.25, 0.3) is 5.56 Å². The molecule has 1 aromatic carbocycles. The number of benzene rings is 1. The van der Waals surface area contributed by atoms with E-state index < -0.39 is 12.7 Å². The molecule has 0 bridgehead atoms. The number of anilines is 1. The van der Waals surface area contributed by atoms with E-state index in [4.69, 9.17) is 15.8 Å². The molecule has 0 unspecified atom stereocenters. The number of H-pyrrole nitrogens is 1. The van der Waals surface area contributed by atoms with Crippen molar-refractivity contribution in [3.05, 3.63) is 40.2 Å². The molecule has 0 aliphatic heterocycles. The number of imidazole rings is 1. The first kappa shape index (κ1) is 17.5. The van der Waals surface area contributed by atoms with E-state index in [1.807, 2.05) is 0 Å². The summed E-state index contributed by atoms with van der Waals surface area (Å²) in [6.45, 7) is 0.112. The fourth-order valence-corrected chi connectivity index (χ4v) is 3.33. The zero-order chi connectivity index (χ0) is 18.0. The first-order valence-electron chi connectivity index (χ1n) is 7.44. The van der Waals surface area contributed by atoms with Crippen molar-refractivity contribution in [1.29, 1.82) is 0 Å². The Morgan fingerprint density at radius 1 is 1.24 bits per heavy atom. The van der Waals surface area contributed by atoms with Crippen molar-refractivity contribution in [3.8, 4) is 0 Å². The van der Waals surface area contributed by atoms with Gasteiger partial charge in [-0.05, 0) is 11.0 Å². The number of nitrogens with one attached hydrogen (secondary N) is 1. The lowest BCUT2D eigenvalue weighted by molar-refractivity contribution is 0.273. The molecule has 0 atom stereocenters. The largest absolute Gasteiger partial charge is 0.488 e. The average molecular weight is 361 g/mol. The summed E-state index contributed by atoms with van der Waals surface area (Å²) in [6.07, 6.45) is 0. The van der Waals surface area contributed by atoms with Crippen molar-refractivity contribution >= 4 is 41.5 Å². The van der Waals surface area contributed by atoms with Crippen LogP contribution in [0.2, 0.25) is 0 Å². The SMILES string of the molecule is Nc1nc2c(nc(SCc3ccc(B(O)O)cc3)n2CCO)c(=O)[nH]1. The predicted octanol–water partition coefficient (Wildman–Crippen LogP) is -1.33. The van der Waals surface area contributed by atoms with Crippen LogP contribution < -0.4 is 16.8 Å². The molecule has 130 valence electrons. The van der Waals surface area contributed by atoms with Crippen LogP contribution in [-0.4, -0.2) is 48.4 Å². The summed E-state index contributed by atoms with van der Waals surface area (Å²) >= 11 is 1.38. The minimum absolute atomic E-state index is 0.00807. The van der Waals surface area contributed by atoms with Crippen LogP contribution in [0.15, 0.2) is 34.2 Å². The Bertz CT molecular complexity index is 941. The lowest BCUT2D eigenvalue weighted by Gasteiger charge is -2.07. The highest BCUT2D eigenvalue weighted by Gasteiger charge is 2.16. The maximum atomic E-state index is 12.0. The monoisotopic (exact) mass is 361 g/mol. The Morgan fingerprint density at radius 3 is 2.60 bits per heavy atom. The highest BCUT2D eigenvalue weighted by Crippen LogP contribution is 2.24. The van der Waals surface area contributed by atoms with E-state index in [9.17, 15) is 9.90 Å². The molecule has 0 fully saturated rings. The summed E-state index contributed by atoms with van der Waals surface area (Å²) in [5.41, 5.74) is 7.01. The van der Waals surface area contributed by atoms with Crippen molar-refractivity contribution in [2.45, 2.75) is 17.5 Å². The lowest BCUT2D eigenvalue weighted by atomic mass is 9.80. The number of nitrogens with two attached hydrogens (primary N) is 1. The van der Waals surface area contributed by atoms with Crippen molar-refractivity contribution in [2.75, 3.05) is 12.3 Å². The molecule has 2 heterocycles. The molecule has 25 heavy (non-hydrogen) atoms. The molecule has 0 amide bonds. The minimum Gasteiger partial charge on any atom is -0.423 e. The molecule has 0 saturated carbocycles. The maximum Gasteiger partial charge on any atom is 0.488 e. The third-order valence-corrected chi connectivity index (χ3v) is 4.61. The summed E-state index contributed by atoms with van der Waals surface area (Å²) in [5.74, 6) is 0.538. The van der Waals surface area contributed by atoms with Crippen LogP contribution in [0.5, 0.6) is 0 Å². The molecule has 0 aliphatic carbocycles. The quantitative estimate of drug-likeness (QED) is 0.268. The maximum absolute atomic E-state index is 12.0. The molecule has 3 rings (SSSR count). The van der Waals surface area contributed by atoms with Gasteiger partial charge in [-0.3, -0.25) is 9.78 Å². The third kappa shape index (κ3) is 3.69. The summed E-state index contributed by atoms with van der Waals surface area (Å²) in [7, 11) is -1.50. The Morgan fingerprint density at radius 2 is 1.96 bits per heavy atom. The fraction of sp³-hybridized carbons (Fsp3) is 0.214. The van der Waals surface area contributed by atoms with E-state index in [1.165, 1.54) is 11.8 Å². The fourth-order valence-electron chi connectivity index (χ4n) is 2.35. The summed E-state index contributed by atoms with van der Waals surface area (Å²) in [5, 5.41) is 28.0. The van der Waals surface area contributed by atoms with Crippen molar-refractivity contribution < 1.29 is 15.2 Å². The topological polar surface area (TPSA) is 150 Å². The molecule has 0 radical (unpaired) electrons. The molecule has 0 aliphatic rings. The van der Waals surface area contributed by atoms with Gasteiger partial charge in [0.05, 0.1) is 6.61 Å². The van der Waals surface area contributed by atoms with Gasteiger partial charge in [0.2, 0.25) is 5.95 Å². The zero-order valence-electron chi connectivity index (χ0n) is 13.1. The highest BCUT2D eigenvalue weighted by atomic mass is 32.2. The number of aliphatic hydroxyl groups excluding tert-OH is 1. The molecule has 0 spiro atoms. The van der Waals surface area contributed by atoms with Crippen molar-refractivity contribution in [2.24, 2.45) is 0 Å². The van der Waals surface area contributed by atoms with Crippen molar-refractivity contribution in [1.82, 2.24) is 19.5 Å². The van der Waals surface area contributed by atoms with E-state index >= 15 is 0 Å². The van der Waals surface area contributed by atoms with Gasteiger partial charge in [-0.15, -0.1) is 0 Å². The molecule has 11 heteroatoms. The normalized spacial score (nSPS) is 11.2.